The molecule has 46 heavy (non-hydrogen) atoms. The standard InChI is InChI=1S/C36H39Cl2N3O4S/c1-25-13-12-18-32(26(25)2)41(46(44,45)29-16-10-7-11-17-29)24-34(42)40(23-28-19-20-30(37)31(38)21-28)33(35(43)39-36(3,4)5)22-27-14-8-6-9-15-27/h6-21,33H,22-24H2,1-5H3,(H,39,43)/t33-/m0/s1. The van der Waals surface area contributed by atoms with Crippen molar-refractivity contribution < 1.29 is 18.0 Å². The molecule has 0 aliphatic rings. The first-order valence-corrected chi connectivity index (χ1v) is 17.1. The number of rotatable bonds is 11. The predicted octanol–water partition coefficient (Wildman–Crippen LogP) is 7.36. The molecule has 0 aromatic heterocycles. The molecule has 0 saturated carbocycles. The summed E-state index contributed by atoms with van der Waals surface area (Å²) in [6.45, 7) is 8.75. The van der Waals surface area contributed by atoms with Crippen LogP contribution >= 0.6 is 23.2 Å². The van der Waals surface area contributed by atoms with E-state index in [2.05, 4.69) is 5.32 Å². The van der Waals surface area contributed by atoms with Gasteiger partial charge in [0.15, 0.2) is 0 Å². The Hall–Kier alpha value is -3.85. The lowest BCUT2D eigenvalue weighted by Gasteiger charge is -2.35. The second kappa shape index (κ2) is 14.7. The maximum Gasteiger partial charge on any atom is 0.264 e. The van der Waals surface area contributed by atoms with Crippen molar-refractivity contribution in [3.63, 3.8) is 0 Å². The van der Waals surface area contributed by atoms with Gasteiger partial charge in [0.05, 0.1) is 20.6 Å². The number of carbonyl (C=O) groups excluding carboxylic acids is 2. The highest BCUT2D eigenvalue weighted by molar-refractivity contribution is 7.92. The molecule has 4 aromatic rings. The highest BCUT2D eigenvalue weighted by Crippen LogP contribution is 2.30. The van der Waals surface area contributed by atoms with Crippen LogP contribution in [0.3, 0.4) is 0 Å². The Morgan fingerprint density at radius 2 is 1.43 bits per heavy atom. The molecule has 0 fully saturated rings. The molecule has 0 saturated heterocycles. The first-order valence-electron chi connectivity index (χ1n) is 14.9. The molecule has 4 aromatic carbocycles. The van der Waals surface area contributed by atoms with Crippen LogP contribution in [0.25, 0.3) is 0 Å². The molecule has 0 bridgehead atoms. The summed E-state index contributed by atoms with van der Waals surface area (Å²) in [6.07, 6.45) is 0.199. The van der Waals surface area contributed by atoms with Crippen molar-refractivity contribution in [1.82, 2.24) is 10.2 Å². The van der Waals surface area contributed by atoms with Gasteiger partial charge in [0, 0.05) is 18.5 Å². The van der Waals surface area contributed by atoms with Gasteiger partial charge in [0.25, 0.3) is 10.0 Å². The molecule has 7 nitrogen and oxygen atoms in total. The van der Waals surface area contributed by atoms with Gasteiger partial charge in [-0.3, -0.25) is 13.9 Å². The van der Waals surface area contributed by atoms with Crippen LogP contribution in [0.1, 0.15) is 43.0 Å². The number of sulfonamides is 1. The molecule has 1 N–H and O–H groups in total. The molecule has 242 valence electrons. The second-order valence-electron chi connectivity index (χ2n) is 12.3. The maximum atomic E-state index is 14.6. The summed E-state index contributed by atoms with van der Waals surface area (Å²) in [5, 5.41) is 3.68. The van der Waals surface area contributed by atoms with Crippen LogP contribution in [0.4, 0.5) is 5.69 Å². The molecular weight excluding hydrogens is 641 g/mol. The highest BCUT2D eigenvalue weighted by Gasteiger charge is 2.36. The summed E-state index contributed by atoms with van der Waals surface area (Å²) in [5.41, 5.74) is 2.85. The van der Waals surface area contributed by atoms with E-state index in [-0.39, 0.29) is 23.8 Å². The topological polar surface area (TPSA) is 86.8 Å². The average Bonchev–Trinajstić information content (AvgIpc) is 3.01. The van der Waals surface area contributed by atoms with Crippen LogP contribution in [0, 0.1) is 13.8 Å². The third kappa shape index (κ3) is 8.69. The summed E-state index contributed by atoms with van der Waals surface area (Å²) in [7, 11) is -4.19. The number of aryl methyl sites for hydroxylation is 1. The number of benzene rings is 4. The Balaban J connectivity index is 1.86. The molecule has 10 heteroatoms. The van der Waals surface area contributed by atoms with Crippen LogP contribution in [0.5, 0.6) is 0 Å². The van der Waals surface area contributed by atoms with Crippen LogP contribution in [-0.4, -0.2) is 43.3 Å². The lowest BCUT2D eigenvalue weighted by Crippen LogP contribution is -2.56. The van der Waals surface area contributed by atoms with Gasteiger partial charge in [-0.2, -0.15) is 0 Å². The van der Waals surface area contributed by atoms with E-state index < -0.39 is 34.1 Å². The van der Waals surface area contributed by atoms with E-state index in [0.717, 1.165) is 21.0 Å². The smallest absolute Gasteiger partial charge is 0.264 e. The lowest BCUT2D eigenvalue weighted by atomic mass is 10.0. The SMILES string of the molecule is Cc1cccc(N(CC(=O)N(Cc2ccc(Cl)c(Cl)c2)[C@@H](Cc2ccccc2)C(=O)NC(C)(C)C)S(=O)(=O)c2ccccc2)c1C. The van der Waals surface area contributed by atoms with E-state index in [9.17, 15) is 18.0 Å². The Kier molecular flexibility index (Phi) is 11.2. The van der Waals surface area contributed by atoms with Gasteiger partial charge in [0.2, 0.25) is 11.8 Å². The predicted molar refractivity (Wildman–Crippen MR) is 186 cm³/mol. The van der Waals surface area contributed by atoms with Crippen molar-refractivity contribution in [2.45, 2.75) is 64.1 Å². The minimum atomic E-state index is -4.19. The molecule has 2 amide bonds. The van der Waals surface area contributed by atoms with Gasteiger partial charge in [-0.25, -0.2) is 8.42 Å². The van der Waals surface area contributed by atoms with Crippen molar-refractivity contribution in [2.24, 2.45) is 0 Å². The van der Waals surface area contributed by atoms with Crippen molar-refractivity contribution in [2.75, 3.05) is 10.8 Å². The van der Waals surface area contributed by atoms with Gasteiger partial charge in [-0.15, -0.1) is 0 Å². The first-order chi connectivity index (χ1) is 21.7. The van der Waals surface area contributed by atoms with E-state index >= 15 is 0 Å². The van der Waals surface area contributed by atoms with Crippen molar-refractivity contribution >= 4 is 50.7 Å². The van der Waals surface area contributed by atoms with Crippen molar-refractivity contribution in [3.05, 3.63) is 129 Å². The lowest BCUT2D eigenvalue weighted by molar-refractivity contribution is -0.140. The number of nitrogens with one attached hydrogen (secondary N) is 1. The maximum absolute atomic E-state index is 14.6. The quantitative estimate of drug-likeness (QED) is 0.179. The molecule has 0 aliphatic heterocycles. The Labute approximate surface area is 282 Å². The molecule has 4 rings (SSSR count). The molecule has 0 spiro atoms. The highest BCUT2D eigenvalue weighted by atomic mass is 35.5. The first kappa shape index (κ1) is 35.0. The fourth-order valence-electron chi connectivity index (χ4n) is 5.08. The summed E-state index contributed by atoms with van der Waals surface area (Å²) < 4.78 is 29.6. The van der Waals surface area contributed by atoms with Crippen LogP contribution in [-0.2, 0) is 32.6 Å². The Morgan fingerprint density at radius 3 is 2.04 bits per heavy atom. The summed E-state index contributed by atoms with van der Waals surface area (Å²) in [4.78, 5) is 30.1. The van der Waals surface area contributed by atoms with E-state index in [1.54, 1.807) is 48.5 Å². The van der Waals surface area contributed by atoms with Crippen LogP contribution in [0.15, 0.2) is 102 Å². The van der Waals surface area contributed by atoms with E-state index in [4.69, 9.17) is 23.2 Å². The third-order valence-electron chi connectivity index (χ3n) is 7.56. The number of hydrogen-bond donors (Lipinski definition) is 1. The minimum Gasteiger partial charge on any atom is -0.350 e. The number of nitrogens with zero attached hydrogens (tertiary/aromatic N) is 2. The zero-order chi connectivity index (χ0) is 33.6. The zero-order valence-electron chi connectivity index (χ0n) is 26.6. The third-order valence-corrected chi connectivity index (χ3v) is 10.1. The van der Waals surface area contributed by atoms with E-state index in [0.29, 0.717) is 21.3 Å². The molecule has 0 radical (unpaired) electrons. The number of anilines is 1. The number of carbonyl (C=O) groups is 2. The summed E-state index contributed by atoms with van der Waals surface area (Å²) >= 11 is 12.6. The van der Waals surface area contributed by atoms with E-state index in [1.807, 2.05) is 71.0 Å². The minimum absolute atomic E-state index is 0.0171. The van der Waals surface area contributed by atoms with Gasteiger partial charge in [-0.1, -0.05) is 89.9 Å². The van der Waals surface area contributed by atoms with Gasteiger partial charge < -0.3 is 10.2 Å². The molecule has 0 unspecified atom stereocenters. The monoisotopic (exact) mass is 679 g/mol. The van der Waals surface area contributed by atoms with Gasteiger partial charge in [0.1, 0.15) is 12.6 Å². The van der Waals surface area contributed by atoms with Gasteiger partial charge >= 0.3 is 0 Å². The summed E-state index contributed by atoms with van der Waals surface area (Å²) in [6, 6.07) is 26.8. The average molecular weight is 681 g/mol. The molecule has 0 aliphatic carbocycles. The number of halogens is 2. The Bertz CT molecular complexity index is 1790. The van der Waals surface area contributed by atoms with E-state index in [1.165, 1.54) is 17.0 Å². The zero-order valence-corrected chi connectivity index (χ0v) is 29.0. The number of hydrogen-bond acceptors (Lipinski definition) is 4. The normalized spacial score (nSPS) is 12.3. The van der Waals surface area contributed by atoms with Crippen LogP contribution in [0.2, 0.25) is 10.0 Å². The van der Waals surface area contributed by atoms with Crippen molar-refractivity contribution in [3.8, 4) is 0 Å². The molecular formula is C36H39Cl2N3O4S. The second-order valence-corrected chi connectivity index (χ2v) is 14.9. The fraction of sp³-hybridized carbons (Fsp3) is 0.278. The van der Waals surface area contributed by atoms with Crippen LogP contribution < -0.4 is 9.62 Å². The number of amides is 2. The largest absolute Gasteiger partial charge is 0.350 e. The summed E-state index contributed by atoms with van der Waals surface area (Å²) in [5.74, 6) is -0.926. The molecule has 0 heterocycles. The molecule has 1 atom stereocenters. The van der Waals surface area contributed by atoms with Crippen molar-refractivity contribution in [1.29, 1.82) is 0 Å². The Morgan fingerprint density at radius 1 is 0.804 bits per heavy atom. The van der Waals surface area contributed by atoms with Gasteiger partial charge in [-0.05, 0) is 87.2 Å². The fourth-order valence-corrected chi connectivity index (χ4v) is 6.89.